The lowest BCUT2D eigenvalue weighted by Crippen LogP contribution is -2.51. The van der Waals surface area contributed by atoms with Crippen molar-refractivity contribution in [1.29, 1.82) is 5.26 Å². The molecule has 0 spiro atoms. The molecule has 6 heteroatoms. The molecule has 2 aromatic rings. The Morgan fingerprint density at radius 2 is 1.55 bits per heavy atom. The highest BCUT2D eigenvalue weighted by atomic mass is 16.6. The van der Waals surface area contributed by atoms with Crippen molar-refractivity contribution in [2.75, 3.05) is 20.8 Å². The molecule has 1 unspecified atom stereocenters. The van der Waals surface area contributed by atoms with E-state index in [9.17, 15) is 10.5 Å². The fourth-order valence-corrected chi connectivity index (χ4v) is 3.58. The molecule has 0 radical (unpaired) electrons. The van der Waals surface area contributed by atoms with Gasteiger partial charge in [0.15, 0.2) is 0 Å². The summed E-state index contributed by atoms with van der Waals surface area (Å²) in [5.41, 5.74) is 6.55. The summed E-state index contributed by atoms with van der Waals surface area (Å²) in [7, 11) is 3.22. The largest absolute Gasteiger partial charge is 0.602 e. The van der Waals surface area contributed by atoms with Crippen molar-refractivity contribution in [1.82, 2.24) is 5.43 Å². The first kappa shape index (κ1) is 19.1. The predicted octanol–water partition coefficient (Wildman–Crippen LogP) is 4.22. The average Bonchev–Trinajstić information content (AvgIpc) is 3.56. The zero-order chi connectivity index (χ0) is 20.4. The number of hydrogen-bond acceptors (Lipinski definition) is 5. The van der Waals surface area contributed by atoms with E-state index in [1.165, 1.54) is 6.20 Å². The molecule has 1 saturated carbocycles. The Kier molecular flexibility index (Phi) is 5.01. The molecule has 0 amide bonds. The summed E-state index contributed by atoms with van der Waals surface area (Å²) in [4.78, 5) is 0. The van der Waals surface area contributed by atoms with Crippen LogP contribution in [-0.4, -0.2) is 25.5 Å². The number of quaternary nitrogens is 1. The lowest BCUT2D eigenvalue weighted by molar-refractivity contribution is -0.869. The number of methoxy groups -OCH3 is 2. The van der Waals surface area contributed by atoms with E-state index >= 15 is 0 Å². The van der Waals surface area contributed by atoms with Crippen LogP contribution in [0.4, 0.5) is 0 Å². The third-order valence-electron chi connectivity index (χ3n) is 5.26. The van der Waals surface area contributed by atoms with E-state index in [4.69, 9.17) is 9.47 Å². The summed E-state index contributed by atoms with van der Waals surface area (Å²) >= 11 is 0. The van der Waals surface area contributed by atoms with Gasteiger partial charge in [-0.05, 0) is 54.8 Å². The molecule has 0 aromatic heterocycles. The maximum Gasteiger partial charge on any atom is 0.139 e. The molecule has 4 rings (SSSR count). The number of nitrogens with one attached hydrogen (secondary N) is 1. The smallest absolute Gasteiger partial charge is 0.139 e. The van der Waals surface area contributed by atoms with E-state index < -0.39 is 4.76 Å². The fraction of sp³-hybridized carbons (Fsp3) is 0.261. The summed E-state index contributed by atoms with van der Waals surface area (Å²) in [6.07, 6.45) is 3.62. The summed E-state index contributed by atoms with van der Waals surface area (Å²) < 4.78 is 9.78. The van der Waals surface area contributed by atoms with Crippen LogP contribution in [0.5, 0.6) is 11.5 Å². The lowest BCUT2D eigenvalue weighted by Gasteiger charge is -2.42. The van der Waals surface area contributed by atoms with Gasteiger partial charge in [-0.25, -0.2) is 10.2 Å². The van der Waals surface area contributed by atoms with E-state index in [1.54, 1.807) is 14.2 Å². The first-order valence-electron chi connectivity index (χ1n) is 9.59. The van der Waals surface area contributed by atoms with Crippen molar-refractivity contribution < 1.29 is 14.2 Å². The molecule has 2 aliphatic rings. The van der Waals surface area contributed by atoms with Crippen LogP contribution < -0.4 is 14.9 Å². The maximum absolute atomic E-state index is 13.4. The Bertz CT molecular complexity index is 999. The van der Waals surface area contributed by atoms with Gasteiger partial charge in [0.2, 0.25) is 0 Å². The lowest BCUT2D eigenvalue weighted by atomic mass is 9.92. The third-order valence-corrected chi connectivity index (χ3v) is 5.26. The van der Waals surface area contributed by atoms with Crippen molar-refractivity contribution in [2.24, 2.45) is 5.92 Å². The Hall–Kier alpha value is -3.27. The Labute approximate surface area is 170 Å². The average molecular weight is 389 g/mol. The summed E-state index contributed by atoms with van der Waals surface area (Å²) in [6.45, 7) is 0.417. The number of ether oxygens (including phenoxy) is 2. The normalized spacial score (nSPS) is 21.1. The molecule has 29 heavy (non-hydrogen) atoms. The number of rotatable bonds is 6. The molecule has 1 N–H and O–H groups in total. The van der Waals surface area contributed by atoms with Crippen LogP contribution in [0.15, 0.2) is 60.3 Å². The van der Waals surface area contributed by atoms with Gasteiger partial charge in [-0.1, -0.05) is 12.1 Å². The van der Waals surface area contributed by atoms with Crippen molar-refractivity contribution in [3.63, 3.8) is 0 Å². The highest BCUT2D eigenvalue weighted by Gasteiger charge is 2.35. The fourth-order valence-electron chi connectivity index (χ4n) is 3.58. The monoisotopic (exact) mass is 389 g/mol. The minimum atomic E-state index is -0.728. The Morgan fingerprint density at radius 3 is 2.03 bits per heavy atom. The number of nitrogens with zero attached hydrogens (tertiary/aromatic N) is 2. The van der Waals surface area contributed by atoms with E-state index in [1.807, 2.05) is 48.5 Å². The first-order chi connectivity index (χ1) is 14.0. The van der Waals surface area contributed by atoms with Crippen LogP contribution in [0.2, 0.25) is 0 Å². The highest BCUT2D eigenvalue weighted by Crippen LogP contribution is 2.39. The molecular formula is C23H23N3O3. The van der Waals surface area contributed by atoms with Gasteiger partial charge >= 0.3 is 0 Å². The highest BCUT2D eigenvalue weighted by molar-refractivity contribution is 5.99. The Morgan fingerprint density at radius 1 is 1.00 bits per heavy atom. The standard InChI is InChI=1S/C23H23N3O3/c1-28-20-9-5-17(6-10-20)22-19(13-24)15-26(27,14-16-3-4-16)25-23(22)18-7-11-21(29-2)12-8-18/h5-12,15-16,25H,3-4,14H2,1-2H3. The van der Waals surface area contributed by atoms with E-state index in [0.29, 0.717) is 29.3 Å². The van der Waals surface area contributed by atoms with Gasteiger partial charge in [0.1, 0.15) is 41.6 Å². The van der Waals surface area contributed by atoms with Crippen molar-refractivity contribution in [2.45, 2.75) is 12.8 Å². The molecule has 1 aliphatic heterocycles. The predicted molar refractivity (Wildman–Crippen MR) is 111 cm³/mol. The number of benzene rings is 2. The number of hydrogen-bond donors (Lipinski definition) is 1. The van der Waals surface area contributed by atoms with Crippen LogP contribution in [0.25, 0.3) is 11.3 Å². The molecule has 0 bridgehead atoms. The topological polar surface area (TPSA) is 77.3 Å². The summed E-state index contributed by atoms with van der Waals surface area (Å²) in [5, 5.41) is 23.3. The van der Waals surface area contributed by atoms with Crippen LogP contribution in [0, 0.1) is 22.5 Å². The molecule has 0 saturated heterocycles. The minimum absolute atomic E-state index is 0.371. The van der Waals surface area contributed by atoms with E-state index in [0.717, 1.165) is 35.5 Å². The number of allylic oxidation sites excluding steroid dienone is 2. The second-order valence-corrected chi connectivity index (χ2v) is 7.39. The second kappa shape index (κ2) is 7.63. The van der Waals surface area contributed by atoms with Gasteiger partial charge in [0.25, 0.3) is 0 Å². The van der Waals surface area contributed by atoms with Crippen LogP contribution in [0.1, 0.15) is 24.0 Å². The molecule has 1 fully saturated rings. The summed E-state index contributed by atoms with van der Waals surface area (Å²) in [5.74, 6) is 1.86. The third kappa shape index (κ3) is 3.97. The quantitative estimate of drug-likeness (QED) is 0.591. The second-order valence-electron chi connectivity index (χ2n) is 7.39. The van der Waals surface area contributed by atoms with Crippen molar-refractivity contribution >= 4 is 11.3 Å². The van der Waals surface area contributed by atoms with E-state index in [2.05, 4.69) is 11.5 Å². The van der Waals surface area contributed by atoms with Crippen LogP contribution in [-0.2, 0) is 0 Å². The SMILES string of the molecule is COc1ccc(C2=C(c3ccc(OC)cc3)C(C#N)=C[N+]([O-])(CC3CC3)N2)cc1. The number of nitriles is 1. The van der Waals surface area contributed by atoms with Gasteiger partial charge in [-0.2, -0.15) is 5.26 Å². The van der Waals surface area contributed by atoms with E-state index in [-0.39, 0.29) is 0 Å². The maximum atomic E-state index is 13.4. The summed E-state index contributed by atoms with van der Waals surface area (Å²) in [6, 6.07) is 17.2. The van der Waals surface area contributed by atoms with Gasteiger partial charge in [-0.3, -0.25) is 0 Å². The first-order valence-corrected chi connectivity index (χ1v) is 9.59. The van der Waals surface area contributed by atoms with Crippen molar-refractivity contribution in [3.05, 3.63) is 76.6 Å². The van der Waals surface area contributed by atoms with Gasteiger partial charge in [-0.15, -0.1) is 0 Å². The molecule has 6 nitrogen and oxygen atoms in total. The number of hydroxylamine groups is 2. The molecular weight excluding hydrogens is 366 g/mol. The van der Waals surface area contributed by atoms with Gasteiger partial charge < -0.3 is 14.7 Å². The van der Waals surface area contributed by atoms with Crippen molar-refractivity contribution in [3.8, 4) is 17.6 Å². The minimum Gasteiger partial charge on any atom is -0.602 e. The molecule has 2 aromatic carbocycles. The molecule has 148 valence electrons. The Balaban J connectivity index is 1.85. The van der Waals surface area contributed by atoms with Crippen LogP contribution >= 0.6 is 0 Å². The molecule has 1 aliphatic carbocycles. The molecule has 1 heterocycles. The molecule has 1 atom stereocenters. The van der Waals surface area contributed by atoms with Crippen LogP contribution in [0.3, 0.4) is 0 Å². The zero-order valence-corrected chi connectivity index (χ0v) is 16.5. The zero-order valence-electron chi connectivity index (χ0n) is 16.5. The van der Waals surface area contributed by atoms with Gasteiger partial charge in [0.05, 0.1) is 14.2 Å². The van der Waals surface area contributed by atoms with Gasteiger partial charge in [0, 0.05) is 17.1 Å².